The van der Waals surface area contributed by atoms with Crippen LogP contribution in [-0.4, -0.2) is 90.4 Å². The minimum atomic E-state index is -1.23. The van der Waals surface area contributed by atoms with Gasteiger partial charge in [0, 0.05) is 6.92 Å². The molecule has 4 N–H and O–H groups in total. The van der Waals surface area contributed by atoms with Gasteiger partial charge in [0.25, 0.3) is 0 Å². The quantitative estimate of drug-likeness (QED) is 0.196. The Bertz CT molecular complexity index is 855. The molecule has 0 spiro atoms. The normalized spacial score (nSPS) is 24.6. The first-order chi connectivity index (χ1) is 15.6. The van der Waals surface area contributed by atoms with E-state index < -0.39 is 99.6 Å². The van der Waals surface area contributed by atoms with Crippen molar-refractivity contribution in [3.63, 3.8) is 0 Å². The third-order valence-corrected chi connectivity index (χ3v) is 8.06. The Hall–Kier alpha value is -2.42. The van der Waals surface area contributed by atoms with E-state index in [0.717, 1.165) is 6.92 Å². The molecular weight excluding hydrogens is 554 g/mol. The number of hydrogen-bond donors (Lipinski definition) is 4. The van der Waals surface area contributed by atoms with Crippen LogP contribution in [0.3, 0.4) is 0 Å². The minimum absolute atomic E-state index is 0.134. The van der Waals surface area contributed by atoms with Gasteiger partial charge in [-0.3, -0.25) is 4.79 Å². The van der Waals surface area contributed by atoms with Crippen molar-refractivity contribution in [1.82, 2.24) is 5.32 Å². The summed E-state index contributed by atoms with van der Waals surface area (Å²) in [6.07, 6.45) is -3.04. The fraction of sp³-hybridized carbons (Fsp3) is 0.571. The predicted molar refractivity (Wildman–Crippen MR) is 113 cm³/mol. The molecule has 1 amide bonds. The molecule has 1 aromatic rings. The monoisotopic (exact) mass is 583 g/mol. The van der Waals surface area contributed by atoms with Gasteiger partial charge >= 0.3 is 188 Å². The number of esters is 1. The molecule has 0 aliphatic carbocycles. The molecule has 0 saturated carbocycles. The van der Waals surface area contributed by atoms with Gasteiger partial charge in [-0.05, 0) is 0 Å². The molecule has 5 atom stereocenters. The number of carbonyl (C=O) groups is 5. The first-order valence-corrected chi connectivity index (χ1v) is 12.8. The summed E-state index contributed by atoms with van der Waals surface area (Å²) in [5, 5.41) is 30.9. The van der Waals surface area contributed by atoms with Crippen LogP contribution in [0.5, 0.6) is 0 Å². The van der Waals surface area contributed by atoms with Crippen LogP contribution in [0.4, 0.5) is 0 Å². The van der Waals surface area contributed by atoms with Gasteiger partial charge in [-0.2, -0.15) is 0 Å². The molecule has 1 saturated heterocycles. The van der Waals surface area contributed by atoms with E-state index in [9.17, 15) is 39.3 Å². The first kappa shape index (κ1) is 26.8. The zero-order valence-electron chi connectivity index (χ0n) is 18.0. The average molecular weight is 581 g/mol. The number of carboxylic acids is 3. The molecule has 11 nitrogen and oxygen atoms in total. The molecular formula is C21H27NO10Te. The molecule has 12 heteroatoms. The number of carboxylic acid groups (broad SMARTS) is 3. The number of rotatable bonds is 12. The van der Waals surface area contributed by atoms with Crippen molar-refractivity contribution in [2.75, 3.05) is 6.61 Å². The van der Waals surface area contributed by atoms with Crippen LogP contribution in [0.25, 0.3) is 0 Å². The van der Waals surface area contributed by atoms with Crippen molar-refractivity contribution in [2.24, 2.45) is 11.8 Å². The van der Waals surface area contributed by atoms with E-state index in [0.29, 0.717) is 6.42 Å². The number of aliphatic carboxylic acids is 3. The van der Waals surface area contributed by atoms with Crippen LogP contribution in [0.1, 0.15) is 36.2 Å². The first-order valence-electron chi connectivity index (χ1n) is 10.3. The topological polar surface area (TPSA) is 177 Å². The molecule has 0 aromatic carbocycles. The second-order valence-electron chi connectivity index (χ2n) is 7.81. The fourth-order valence-electron chi connectivity index (χ4n) is 4.05. The zero-order chi connectivity index (χ0) is 24.5. The molecule has 0 radical (unpaired) electrons. The van der Waals surface area contributed by atoms with Crippen LogP contribution in [0.2, 0.25) is 0 Å². The van der Waals surface area contributed by atoms with Gasteiger partial charge in [0.05, 0.1) is 0 Å². The number of aryl methyl sites for hydroxylation is 1. The van der Waals surface area contributed by atoms with E-state index in [-0.39, 0.29) is 13.0 Å². The van der Waals surface area contributed by atoms with Crippen molar-refractivity contribution in [2.45, 2.75) is 57.3 Å². The van der Waals surface area contributed by atoms with Crippen molar-refractivity contribution in [1.29, 1.82) is 0 Å². The second-order valence-corrected chi connectivity index (χ2v) is 10.8. The standard InChI is InChI=1S/C21H27NO10Te/c1-11(23)31-10-16-13(7-18(25)26)14(8-19(27)28)21(15(32-16)9-20(29)30)22-17(24)5-4-12-3-2-6-33-12/h2-3,6,13-16,21H,4-5,7-10H2,1H3,(H,22,24)(H,25,26)(H,27,28)(H,29,30)/t13-,14+,15?,16-,21-/m0/s1. The summed E-state index contributed by atoms with van der Waals surface area (Å²) in [7, 11) is 0. The molecule has 182 valence electrons. The Balaban J connectivity index is 2.31. The molecule has 2 heterocycles. The summed E-state index contributed by atoms with van der Waals surface area (Å²) in [6.45, 7) is 0.797. The molecule has 1 aliphatic heterocycles. The molecule has 1 aliphatic rings. The van der Waals surface area contributed by atoms with E-state index in [1.54, 1.807) is 0 Å². The second kappa shape index (κ2) is 12.7. The molecule has 1 unspecified atom stereocenters. The number of carbonyl (C=O) groups excluding carboxylic acids is 2. The summed E-state index contributed by atoms with van der Waals surface area (Å²) in [5.41, 5.74) is 0. The summed E-state index contributed by atoms with van der Waals surface area (Å²) < 4.78 is 14.1. The van der Waals surface area contributed by atoms with E-state index in [1.165, 1.54) is 3.58 Å². The van der Waals surface area contributed by atoms with Crippen LogP contribution in [-0.2, 0) is 39.9 Å². The van der Waals surface area contributed by atoms with Gasteiger partial charge in [0.15, 0.2) is 0 Å². The van der Waals surface area contributed by atoms with Crippen molar-refractivity contribution < 1.29 is 48.8 Å². The Morgan fingerprint density at radius 2 is 1.64 bits per heavy atom. The molecule has 33 heavy (non-hydrogen) atoms. The Morgan fingerprint density at radius 3 is 2.18 bits per heavy atom. The summed E-state index contributed by atoms with van der Waals surface area (Å²) in [5.74, 6) is -6.61. The molecule has 1 aromatic heterocycles. The average Bonchev–Trinajstić information content (AvgIpc) is 3.22. The Morgan fingerprint density at radius 1 is 1.00 bits per heavy atom. The van der Waals surface area contributed by atoms with Gasteiger partial charge in [0.2, 0.25) is 0 Å². The van der Waals surface area contributed by atoms with Gasteiger partial charge in [0.1, 0.15) is 0 Å². The number of nitrogens with one attached hydrogen (secondary N) is 1. The molecule has 2 rings (SSSR count). The van der Waals surface area contributed by atoms with Crippen LogP contribution >= 0.6 is 0 Å². The van der Waals surface area contributed by atoms with Gasteiger partial charge in [-0.25, -0.2) is 0 Å². The van der Waals surface area contributed by atoms with Gasteiger partial charge in [-0.1, -0.05) is 0 Å². The van der Waals surface area contributed by atoms with Crippen molar-refractivity contribution in [3.8, 4) is 0 Å². The maximum absolute atomic E-state index is 12.7. The van der Waals surface area contributed by atoms with E-state index >= 15 is 0 Å². The van der Waals surface area contributed by atoms with E-state index in [2.05, 4.69) is 9.40 Å². The zero-order valence-corrected chi connectivity index (χ0v) is 20.3. The van der Waals surface area contributed by atoms with Crippen LogP contribution in [0, 0.1) is 11.8 Å². The number of amides is 1. The third-order valence-electron chi connectivity index (χ3n) is 5.39. The summed E-state index contributed by atoms with van der Waals surface area (Å²) in [6, 6.07) is 2.87. The van der Waals surface area contributed by atoms with Gasteiger partial charge < -0.3 is 0 Å². The molecule has 0 bridgehead atoms. The number of ether oxygens (including phenoxy) is 2. The third kappa shape index (κ3) is 8.79. The number of hydrogen-bond acceptors (Lipinski definition) is 7. The maximum atomic E-state index is 12.7. The van der Waals surface area contributed by atoms with Crippen LogP contribution in [0.15, 0.2) is 16.2 Å². The van der Waals surface area contributed by atoms with Crippen molar-refractivity contribution in [3.05, 3.63) is 19.8 Å². The molecule has 1 fully saturated rings. The fourth-order valence-corrected chi connectivity index (χ4v) is 6.07. The SMILES string of the molecule is CC(=O)OC[C@@H]1OC(CC(=O)O)[C@@H](NC(=O)CCc2ccc[te]2)[C@H](CC(=O)O)[C@@H]1CC(=O)O. The summed E-state index contributed by atoms with van der Waals surface area (Å²) in [4.78, 5) is 58.6. The predicted octanol–water partition coefficient (Wildman–Crippen LogP) is 0.148. The summed E-state index contributed by atoms with van der Waals surface area (Å²) >= 11 is -0.416. The van der Waals surface area contributed by atoms with Gasteiger partial charge in [-0.15, -0.1) is 0 Å². The Labute approximate surface area is 199 Å². The van der Waals surface area contributed by atoms with E-state index in [4.69, 9.17) is 9.47 Å². The van der Waals surface area contributed by atoms with Crippen LogP contribution < -0.4 is 5.32 Å². The Kier molecular flexibility index (Phi) is 10.3. The van der Waals surface area contributed by atoms with E-state index in [1.807, 2.05) is 12.1 Å². The van der Waals surface area contributed by atoms with Crippen molar-refractivity contribution >= 4 is 50.2 Å².